The number of hydrogen-bond acceptors (Lipinski definition) is 5. The molecular formula is C22H11F6N3O2S. The van der Waals surface area contributed by atoms with E-state index in [4.69, 9.17) is 5.11 Å². The fourth-order valence-electron chi connectivity index (χ4n) is 3.00. The van der Waals surface area contributed by atoms with E-state index < -0.39 is 29.7 Å². The molecule has 0 fully saturated rings. The number of thiophene rings is 1. The summed E-state index contributed by atoms with van der Waals surface area (Å²) in [5, 5.41) is 9.10. The van der Waals surface area contributed by atoms with E-state index in [1.54, 1.807) is 18.2 Å². The summed E-state index contributed by atoms with van der Waals surface area (Å²) in [6, 6.07) is 11.4. The third kappa shape index (κ3) is 4.91. The highest BCUT2D eigenvalue weighted by Gasteiger charge is 2.35. The minimum Gasteiger partial charge on any atom is -0.477 e. The van der Waals surface area contributed by atoms with Crippen LogP contribution in [0.1, 0.15) is 21.1 Å². The summed E-state index contributed by atoms with van der Waals surface area (Å²) in [5.74, 6) is -1.41. The zero-order valence-corrected chi connectivity index (χ0v) is 17.5. The fourth-order valence-corrected chi connectivity index (χ4v) is 3.84. The van der Waals surface area contributed by atoms with Gasteiger partial charge in [0.25, 0.3) is 0 Å². The molecule has 4 aromatic rings. The number of aromatic nitrogens is 3. The van der Waals surface area contributed by atoms with Crippen molar-refractivity contribution in [2.75, 3.05) is 0 Å². The van der Waals surface area contributed by atoms with Gasteiger partial charge in [0, 0.05) is 22.2 Å². The van der Waals surface area contributed by atoms with E-state index in [1.165, 1.54) is 18.2 Å². The Morgan fingerprint density at radius 3 is 2.09 bits per heavy atom. The average Bonchev–Trinajstić information content (AvgIpc) is 3.29. The maximum Gasteiger partial charge on any atom is 0.433 e. The van der Waals surface area contributed by atoms with Gasteiger partial charge in [0.1, 0.15) is 16.3 Å². The molecule has 0 saturated carbocycles. The first-order valence-corrected chi connectivity index (χ1v) is 10.2. The van der Waals surface area contributed by atoms with Crippen molar-refractivity contribution in [1.29, 1.82) is 0 Å². The maximum atomic E-state index is 13.5. The van der Waals surface area contributed by atoms with Gasteiger partial charge < -0.3 is 5.11 Å². The lowest BCUT2D eigenvalue weighted by atomic mass is 10.1. The van der Waals surface area contributed by atoms with Gasteiger partial charge in [0.2, 0.25) is 0 Å². The monoisotopic (exact) mass is 495 g/mol. The van der Waals surface area contributed by atoms with E-state index in [-0.39, 0.29) is 27.5 Å². The molecule has 0 bridgehead atoms. The molecule has 3 aromatic heterocycles. The van der Waals surface area contributed by atoms with Crippen molar-refractivity contribution < 1.29 is 36.2 Å². The summed E-state index contributed by atoms with van der Waals surface area (Å²) in [6.45, 7) is 0. The fraction of sp³-hybridized carbons (Fsp3) is 0.0909. The molecule has 0 spiro atoms. The van der Waals surface area contributed by atoms with Gasteiger partial charge in [-0.05, 0) is 42.0 Å². The lowest BCUT2D eigenvalue weighted by Crippen LogP contribution is -2.11. The summed E-state index contributed by atoms with van der Waals surface area (Å²) < 4.78 is 78.9. The average molecular weight is 495 g/mol. The Bertz CT molecular complexity index is 1360. The molecule has 0 radical (unpaired) electrons. The molecule has 34 heavy (non-hydrogen) atoms. The van der Waals surface area contributed by atoms with Crippen molar-refractivity contribution in [2.45, 2.75) is 12.4 Å². The number of alkyl halides is 6. The zero-order valence-electron chi connectivity index (χ0n) is 16.6. The van der Waals surface area contributed by atoms with Crippen molar-refractivity contribution >= 4 is 17.3 Å². The third-order valence-corrected chi connectivity index (χ3v) is 5.71. The number of carboxylic acids is 1. The SMILES string of the molecule is O=C(O)c1ccc(-c2cccc(-c3nc(-c4ccc(C(F)(F)F)nc4)cc(C(F)(F)F)n3)c2)s1. The summed E-state index contributed by atoms with van der Waals surface area (Å²) in [4.78, 5) is 22.8. The standard InChI is InChI=1S/C22H11F6N3O2S/c23-21(24,25)17-7-4-13(10-29-17)14-9-18(22(26,27)28)31-19(30-14)12-3-1-2-11(8-12)15-5-6-16(34-15)20(32)33/h1-10H,(H,32,33). The molecule has 0 unspecified atom stereocenters. The smallest absolute Gasteiger partial charge is 0.433 e. The van der Waals surface area contributed by atoms with Gasteiger partial charge in [-0.2, -0.15) is 26.3 Å². The first-order valence-electron chi connectivity index (χ1n) is 9.35. The Morgan fingerprint density at radius 1 is 0.794 bits per heavy atom. The molecule has 0 amide bonds. The van der Waals surface area contributed by atoms with E-state index in [1.807, 2.05) is 0 Å². The topological polar surface area (TPSA) is 76.0 Å². The molecular weight excluding hydrogens is 484 g/mol. The Labute approximate surface area is 191 Å². The number of rotatable bonds is 4. The van der Waals surface area contributed by atoms with Gasteiger partial charge in [-0.3, -0.25) is 4.98 Å². The molecule has 0 aliphatic rings. The Morgan fingerprint density at radius 2 is 1.50 bits per heavy atom. The summed E-state index contributed by atoms with van der Waals surface area (Å²) in [6.07, 6.45) is -8.74. The van der Waals surface area contributed by atoms with Crippen LogP contribution in [0, 0.1) is 0 Å². The molecule has 12 heteroatoms. The minimum absolute atomic E-state index is 0.0531. The highest BCUT2D eigenvalue weighted by molar-refractivity contribution is 7.17. The van der Waals surface area contributed by atoms with Gasteiger partial charge in [-0.25, -0.2) is 14.8 Å². The largest absolute Gasteiger partial charge is 0.477 e. The molecule has 0 aliphatic carbocycles. The number of hydrogen-bond donors (Lipinski definition) is 1. The van der Waals surface area contributed by atoms with Gasteiger partial charge in [0.05, 0.1) is 5.69 Å². The van der Waals surface area contributed by atoms with Gasteiger partial charge in [-0.1, -0.05) is 18.2 Å². The molecule has 3 heterocycles. The van der Waals surface area contributed by atoms with Crippen molar-refractivity contribution in [1.82, 2.24) is 15.0 Å². The van der Waals surface area contributed by atoms with E-state index in [2.05, 4.69) is 15.0 Å². The van der Waals surface area contributed by atoms with Crippen LogP contribution in [0.15, 0.2) is 60.8 Å². The molecule has 0 aliphatic heterocycles. The van der Waals surface area contributed by atoms with Gasteiger partial charge in [-0.15, -0.1) is 11.3 Å². The van der Waals surface area contributed by atoms with Crippen LogP contribution in [-0.2, 0) is 12.4 Å². The minimum atomic E-state index is -4.84. The summed E-state index contributed by atoms with van der Waals surface area (Å²) >= 11 is 0.988. The van der Waals surface area contributed by atoms with Crippen molar-refractivity contribution in [3.63, 3.8) is 0 Å². The lowest BCUT2D eigenvalue weighted by Gasteiger charge is -2.12. The van der Waals surface area contributed by atoms with Crippen molar-refractivity contribution in [3.8, 4) is 33.1 Å². The number of carboxylic acid groups (broad SMARTS) is 1. The number of aromatic carboxylic acids is 1. The molecule has 5 nitrogen and oxygen atoms in total. The molecule has 174 valence electrons. The van der Waals surface area contributed by atoms with E-state index in [0.29, 0.717) is 22.6 Å². The number of benzene rings is 1. The predicted octanol–water partition coefficient (Wildman–Crippen LogP) is 6.67. The van der Waals surface area contributed by atoms with Gasteiger partial charge in [0.15, 0.2) is 5.82 Å². The second-order valence-corrected chi connectivity index (χ2v) is 8.02. The number of carbonyl (C=O) groups is 1. The first kappa shape index (κ1) is 23.4. The number of pyridine rings is 1. The Hall–Kier alpha value is -3.80. The Kier molecular flexibility index (Phi) is 5.86. The quantitative estimate of drug-likeness (QED) is 0.320. The summed E-state index contributed by atoms with van der Waals surface area (Å²) in [5.41, 5.74) is -2.03. The van der Waals surface area contributed by atoms with Crippen LogP contribution in [0.5, 0.6) is 0 Å². The maximum absolute atomic E-state index is 13.5. The van der Waals surface area contributed by atoms with Crippen LogP contribution < -0.4 is 0 Å². The van der Waals surface area contributed by atoms with E-state index in [0.717, 1.165) is 23.6 Å². The van der Waals surface area contributed by atoms with Crippen LogP contribution in [0.2, 0.25) is 0 Å². The van der Waals surface area contributed by atoms with Crippen molar-refractivity contribution in [2.24, 2.45) is 0 Å². The van der Waals surface area contributed by atoms with Crippen LogP contribution in [0.4, 0.5) is 26.3 Å². The second-order valence-electron chi connectivity index (χ2n) is 6.94. The molecule has 1 aromatic carbocycles. The van der Waals surface area contributed by atoms with Crippen LogP contribution in [0.3, 0.4) is 0 Å². The number of nitrogens with zero attached hydrogens (tertiary/aromatic N) is 3. The van der Waals surface area contributed by atoms with E-state index >= 15 is 0 Å². The zero-order chi connectivity index (χ0) is 24.7. The molecule has 0 saturated heterocycles. The predicted molar refractivity (Wildman–Crippen MR) is 111 cm³/mol. The van der Waals surface area contributed by atoms with Crippen molar-refractivity contribution in [3.05, 3.63) is 77.1 Å². The highest BCUT2D eigenvalue weighted by Crippen LogP contribution is 2.35. The first-order chi connectivity index (χ1) is 15.9. The van der Waals surface area contributed by atoms with Gasteiger partial charge >= 0.3 is 18.3 Å². The molecule has 4 rings (SSSR count). The van der Waals surface area contributed by atoms with Crippen LogP contribution in [0.25, 0.3) is 33.1 Å². The molecule has 1 N–H and O–H groups in total. The third-order valence-electron chi connectivity index (χ3n) is 4.59. The lowest BCUT2D eigenvalue weighted by molar-refractivity contribution is -0.141. The van der Waals surface area contributed by atoms with Crippen LogP contribution in [-0.4, -0.2) is 26.0 Å². The normalized spacial score (nSPS) is 12.1. The summed E-state index contributed by atoms with van der Waals surface area (Å²) in [7, 11) is 0. The highest BCUT2D eigenvalue weighted by atomic mass is 32.1. The molecule has 0 atom stereocenters. The van der Waals surface area contributed by atoms with E-state index in [9.17, 15) is 31.1 Å². The Balaban J connectivity index is 1.80. The number of halogens is 6. The van der Waals surface area contributed by atoms with Crippen LogP contribution >= 0.6 is 11.3 Å². The second kappa shape index (κ2) is 8.52.